The number of rotatable bonds is 1. The second-order valence-corrected chi connectivity index (χ2v) is 3.79. The first kappa shape index (κ1) is 9.90. The van der Waals surface area contributed by atoms with Gasteiger partial charge in [-0.05, 0) is 25.5 Å². The van der Waals surface area contributed by atoms with Crippen LogP contribution in [0.25, 0.3) is 5.57 Å². The summed E-state index contributed by atoms with van der Waals surface area (Å²) in [5, 5.41) is 0. The fourth-order valence-corrected chi connectivity index (χ4v) is 1.62. The Bertz CT molecular complexity index is 429. The molecule has 0 bridgehead atoms. The van der Waals surface area contributed by atoms with Crippen molar-refractivity contribution in [2.75, 3.05) is 5.73 Å². The van der Waals surface area contributed by atoms with Gasteiger partial charge in [-0.2, -0.15) is 0 Å². The summed E-state index contributed by atoms with van der Waals surface area (Å²) in [6, 6.07) is 3.49. The van der Waals surface area contributed by atoms with Crippen molar-refractivity contribution >= 4 is 11.3 Å². The van der Waals surface area contributed by atoms with E-state index in [4.69, 9.17) is 5.73 Å². The highest BCUT2D eigenvalue weighted by Crippen LogP contribution is 2.30. The summed E-state index contributed by atoms with van der Waals surface area (Å²) in [5.74, 6) is -0.0853. The van der Waals surface area contributed by atoms with Gasteiger partial charge in [-0.15, -0.1) is 0 Å². The third-order valence-electron chi connectivity index (χ3n) is 2.48. The van der Waals surface area contributed by atoms with Crippen LogP contribution in [0, 0.1) is 0 Å². The normalized spacial score (nSPS) is 16.5. The van der Waals surface area contributed by atoms with Gasteiger partial charge in [0.05, 0.1) is 17.6 Å². The SMILES string of the molecule is CC1=CC(c2ccc(N)cn2)=C(F)CC1. The number of hydrogen-bond donors (Lipinski definition) is 1. The van der Waals surface area contributed by atoms with Crippen LogP contribution in [0.2, 0.25) is 0 Å². The molecule has 3 heteroatoms. The molecule has 2 nitrogen and oxygen atoms in total. The predicted octanol–water partition coefficient (Wildman–Crippen LogP) is 3.08. The Morgan fingerprint density at radius 1 is 1.33 bits per heavy atom. The number of nitrogen functional groups attached to an aromatic ring is 1. The van der Waals surface area contributed by atoms with Crippen LogP contribution in [-0.4, -0.2) is 4.98 Å². The highest BCUT2D eigenvalue weighted by Gasteiger charge is 2.13. The summed E-state index contributed by atoms with van der Waals surface area (Å²) in [6.07, 6.45) is 4.68. The molecule has 2 N–H and O–H groups in total. The zero-order chi connectivity index (χ0) is 10.8. The lowest BCUT2D eigenvalue weighted by atomic mass is 9.97. The molecule has 0 unspecified atom stereocenters. The third kappa shape index (κ3) is 2.06. The summed E-state index contributed by atoms with van der Waals surface area (Å²) in [6.45, 7) is 2.00. The quantitative estimate of drug-likeness (QED) is 0.763. The molecule has 0 aromatic carbocycles. The molecule has 15 heavy (non-hydrogen) atoms. The number of aromatic nitrogens is 1. The molecule has 0 fully saturated rings. The molecule has 2 rings (SSSR count). The van der Waals surface area contributed by atoms with Crippen LogP contribution in [0.4, 0.5) is 10.1 Å². The molecule has 0 spiro atoms. The van der Waals surface area contributed by atoms with Gasteiger partial charge in [-0.3, -0.25) is 4.98 Å². The van der Waals surface area contributed by atoms with Crippen molar-refractivity contribution in [1.29, 1.82) is 0 Å². The van der Waals surface area contributed by atoms with Gasteiger partial charge in [0.1, 0.15) is 5.83 Å². The van der Waals surface area contributed by atoms with Crippen LogP contribution in [0.3, 0.4) is 0 Å². The monoisotopic (exact) mass is 204 g/mol. The number of halogens is 1. The lowest BCUT2D eigenvalue weighted by Crippen LogP contribution is -1.97. The van der Waals surface area contributed by atoms with Crippen LogP contribution < -0.4 is 5.73 Å². The van der Waals surface area contributed by atoms with E-state index >= 15 is 0 Å². The Morgan fingerprint density at radius 3 is 2.80 bits per heavy atom. The van der Waals surface area contributed by atoms with Crippen molar-refractivity contribution in [2.24, 2.45) is 0 Å². The summed E-state index contributed by atoms with van der Waals surface area (Å²) < 4.78 is 13.6. The fourth-order valence-electron chi connectivity index (χ4n) is 1.62. The summed E-state index contributed by atoms with van der Waals surface area (Å²) in [7, 11) is 0. The van der Waals surface area contributed by atoms with Gasteiger partial charge in [0.15, 0.2) is 0 Å². The Hall–Kier alpha value is -1.64. The number of nitrogens with zero attached hydrogens (tertiary/aromatic N) is 1. The summed E-state index contributed by atoms with van der Waals surface area (Å²) in [4.78, 5) is 4.12. The average molecular weight is 204 g/mol. The van der Waals surface area contributed by atoms with E-state index in [9.17, 15) is 4.39 Å². The maximum Gasteiger partial charge on any atom is 0.110 e. The van der Waals surface area contributed by atoms with E-state index < -0.39 is 0 Å². The molecular formula is C12H13FN2. The first-order valence-electron chi connectivity index (χ1n) is 4.94. The van der Waals surface area contributed by atoms with E-state index in [1.807, 2.05) is 13.0 Å². The van der Waals surface area contributed by atoms with Gasteiger partial charge in [-0.25, -0.2) is 4.39 Å². The molecule has 0 amide bonds. The second-order valence-electron chi connectivity index (χ2n) is 3.79. The molecule has 78 valence electrons. The van der Waals surface area contributed by atoms with Crippen LogP contribution in [0.5, 0.6) is 0 Å². The third-order valence-corrected chi connectivity index (χ3v) is 2.48. The highest BCUT2D eigenvalue weighted by molar-refractivity contribution is 5.75. The number of pyridine rings is 1. The lowest BCUT2D eigenvalue weighted by molar-refractivity contribution is 0.586. The second kappa shape index (κ2) is 3.85. The molecule has 0 atom stereocenters. The van der Waals surface area contributed by atoms with Crippen LogP contribution in [0.1, 0.15) is 25.5 Å². The molecule has 1 aromatic rings. The maximum absolute atomic E-state index is 13.6. The average Bonchev–Trinajstić information content (AvgIpc) is 2.23. The largest absolute Gasteiger partial charge is 0.397 e. The summed E-state index contributed by atoms with van der Waals surface area (Å²) >= 11 is 0. The van der Waals surface area contributed by atoms with Crippen molar-refractivity contribution in [2.45, 2.75) is 19.8 Å². The lowest BCUT2D eigenvalue weighted by Gasteiger charge is -2.12. The molecular weight excluding hydrogens is 191 g/mol. The minimum absolute atomic E-state index is 0.0853. The number of anilines is 1. The minimum atomic E-state index is -0.0853. The fraction of sp³-hybridized carbons (Fsp3) is 0.250. The standard InChI is InChI=1S/C12H13FN2/c1-8-2-4-11(13)10(6-8)12-5-3-9(14)7-15-12/h3,5-7H,2,4,14H2,1H3. The van der Waals surface area contributed by atoms with E-state index in [0.717, 1.165) is 6.42 Å². The maximum atomic E-state index is 13.6. The van der Waals surface area contributed by atoms with Crippen LogP contribution >= 0.6 is 0 Å². The van der Waals surface area contributed by atoms with E-state index in [1.165, 1.54) is 5.57 Å². The van der Waals surface area contributed by atoms with Crippen molar-refractivity contribution < 1.29 is 4.39 Å². The summed E-state index contributed by atoms with van der Waals surface area (Å²) in [5.41, 5.74) is 8.56. The molecule has 1 heterocycles. The molecule has 1 aromatic heterocycles. The van der Waals surface area contributed by atoms with Crippen molar-refractivity contribution in [1.82, 2.24) is 4.98 Å². The Labute approximate surface area is 88.3 Å². The molecule has 1 aliphatic rings. The smallest absolute Gasteiger partial charge is 0.110 e. The molecule has 0 saturated heterocycles. The van der Waals surface area contributed by atoms with Crippen LogP contribution in [-0.2, 0) is 0 Å². The predicted molar refractivity (Wildman–Crippen MR) is 59.7 cm³/mol. The Balaban J connectivity index is 2.42. The van der Waals surface area contributed by atoms with Crippen molar-refractivity contribution in [3.63, 3.8) is 0 Å². The number of hydrogen-bond acceptors (Lipinski definition) is 2. The van der Waals surface area contributed by atoms with Crippen LogP contribution in [0.15, 0.2) is 35.8 Å². The molecule has 0 radical (unpaired) electrons. The van der Waals surface area contributed by atoms with Gasteiger partial charge in [0, 0.05) is 12.0 Å². The zero-order valence-electron chi connectivity index (χ0n) is 8.63. The van der Waals surface area contributed by atoms with E-state index in [-0.39, 0.29) is 5.83 Å². The molecule has 1 aliphatic carbocycles. The van der Waals surface area contributed by atoms with Crippen molar-refractivity contribution in [3.8, 4) is 0 Å². The van der Waals surface area contributed by atoms with Gasteiger partial charge in [0.2, 0.25) is 0 Å². The van der Waals surface area contributed by atoms with E-state index in [0.29, 0.717) is 23.4 Å². The first-order valence-corrected chi connectivity index (χ1v) is 4.94. The Morgan fingerprint density at radius 2 is 2.13 bits per heavy atom. The van der Waals surface area contributed by atoms with Gasteiger partial charge in [-0.1, -0.05) is 11.6 Å². The molecule has 0 aliphatic heterocycles. The van der Waals surface area contributed by atoms with Gasteiger partial charge in [0.25, 0.3) is 0 Å². The number of allylic oxidation sites excluding steroid dienone is 4. The van der Waals surface area contributed by atoms with E-state index in [2.05, 4.69) is 4.98 Å². The molecule has 0 saturated carbocycles. The Kier molecular flexibility index (Phi) is 2.54. The van der Waals surface area contributed by atoms with Crippen molar-refractivity contribution in [3.05, 3.63) is 41.5 Å². The number of nitrogens with two attached hydrogens (primary N) is 1. The highest BCUT2D eigenvalue weighted by atomic mass is 19.1. The zero-order valence-corrected chi connectivity index (χ0v) is 8.63. The minimum Gasteiger partial charge on any atom is -0.397 e. The van der Waals surface area contributed by atoms with E-state index in [1.54, 1.807) is 18.3 Å². The first-order chi connectivity index (χ1) is 7.16. The topological polar surface area (TPSA) is 38.9 Å². The van der Waals surface area contributed by atoms with Gasteiger partial charge < -0.3 is 5.73 Å². The van der Waals surface area contributed by atoms with Gasteiger partial charge >= 0.3 is 0 Å².